The average molecular weight is 375 g/mol. The van der Waals surface area contributed by atoms with Crippen molar-refractivity contribution in [2.75, 3.05) is 13.2 Å². The maximum atomic E-state index is 12.5. The van der Waals surface area contributed by atoms with Gasteiger partial charge >= 0.3 is 0 Å². The van der Waals surface area contributed by atoms with Crippen molar-refractivity contribution in [2.24, 2.45) is 0 Å². The van der Waals surface area contributed by atoms with Crippen LogP contribution in [0.3, 0.4) is 0 Å². The molecule has 0 radical (unpaired) electrons. The lowest BCUT2D eigenvalue weighted by molar-refractivity contribution is 0.0950. The third-order valence-corrected chi connectivity index (χ3v) is 4.45. The monoisotopic (exact) mass is 375 g/mol. The Hall–Kier alpha value is -3.47. The number of carbonyl (C=O) groups is 1. The van der Waals surface area contributed by atoms with E-state index in [2.05, 4.69) is 5.32 Å². The first-order valence-corrected chi connectivity index (χ1v) is 9.22. The molecular formula is C23H21NO4. The van der Waals surface area contributed by atoms with E-state index >= 15 is 0 Å². The van der Waals surface area contributed by atoms with Crippen LogP contribution in [0, 0.1) is 0 Å². The number of ether oxygens (including phenoxy) is 3. The van der Waals surface area contributed by atoms with Crippen molar-refractivity contribution in [2.45, 2.75) is 13.2 Å². The number of carbonyl (C=O) groups excluding carboxylic acids is 1. The zero-order chi connectivity index (χ0) is 19.2. The summed E-state index contributed by atoms with van der Waals surface area (Å²) >= 11 is 0. The molecule has 5 heteroatoms. The van der Waals surface area contributed by atoms with Gasteiger partial charge in [-0.05, 0) is 35.9 Å². The third-order valence-electron chi connectivity index (χ3n) is 4.45. The van der Waals surface area contributed by atoms with E-state index in [-0.39, 0.29) is 5.91 Å². The average Bonchev–Trinajstić information content (AvgIpc) is 2.77. The molecule has 0 saturated carbocycles. The van der Waals surface area contributed by atoms with Gasteiger partial charge in [0, 0.05) is 17.7 Å². The number of benzene rings is 3. The number of fused-ring (bicyclic) bond motifs is 1. The fourth-order valence-corrected chi connectivity index (χ4v) is 2.99. The highest BCUT2D eigenvalue weighted by molar-refractivity contribution is 5.94. The summed E-state index contributed by atoms with van der Waals surface area (Å²) in [6.07, 6.45) is 0. The molecule has 1 aliphatic rings. The van der Waals surface area contributed by atoms with Gasteiger partial charge in [0.1, 0.15) is 25.6 Å². The van der Waals surface area contributed by atoms with Gasteiger partial charge in [-0.1, -0.05) is 42.5 Å². The van der Waals surface area contributed by atoms with Crippen molar-refractivity contribution in [3.05, 3.63) is 89.5 Å². The van der Waals surface area contributed by atoms with Gasteiger partial charge in [0.05, 0.1) is 0 Å². The van der Waals surface area contributed by atoms with Gasteiger partial charge in [0.2, 0.25) is 0 Å². The zero-order valence-electron chi connectivity index (χ0n) is 15.4. The smallest absolute Gasteiger partial charge is 0.251 e. The Morgan fingerprint density at radius 3 is 2.50 bits per heavy atom. The molecule has 1 amide bonds. The summed E-state index contributed by atoms with van der Waals surface area (Å²) in [4.78, 5) is 12.5. The standard InChI is InChI=1S/C23H21NO4/c25-23(24-15-19-7-4-8-21-22(19)27-14-13-26-21)18-9-11-20(12-10-18)28-16-17-5-2-1-3-6-17/h1-12H,13-16H2,(H,24,25). The highest BCUT2D eigenvalue weighted by Crippen LogP contribution is 2.33. The molecule has 4 rings (SSSR count). The minimum absolute atomic E-state index is 0.149. The maximum absolute atomic E-state index is 12.5. The van der Waals surface area contributed by atoms with Gasteiger partial charge in [0.25, 0.3) is 5.91 Å². The fourth-order valence-electron chi connectivity index (χ4n) is 2.99. The Bertz CT molecular complexity index is 939. The summed E-state index contributed by atoms with van der Waals surface area (Å²) in [5.74, 6) is 2.00. The minimum atomic E-state index is -0.149. The van der Waals surface area contributed by atoms with E-state index in [4.69, 9.17) is 14.2 Å². The van der Waals surface area contributed by atoms with Gasteiger partial charge in [-0.3, -0.25) is 4.79 Å². The lowest BCUT2D eigenvalue weighted by Crippen LogP contribution is -2.24. The Kier molecular flexibility index (Phi) is 5.43. The molecule has 28 heavy (non-hydrogen) atoms. The van der Waals surface area contributed by atoms with Gasteiger partial charge in [-0.25, -0.2) is 0 Å². The SMILES string of the molecule is O=C(NCc1cccc2c1OCCO2)c1ccc(OCc2ccccc2)cc1. The molecule has 0 spiro atoms. The van der Waals surface area contributed by atoms with Crippen LogP contribution in [0.2, 0.25) is 0 Å². The molecular weight excluding hydrogens is 354 g/mol. The normalized spacial score (nSPS) is 12.3. The molecule has 0 atom stereocenters. The highest BCUT2D eigenvalue weighted by Gasteiger charge is 2.16. The summed E-state index contributed by atoms with van der Waals surface area (Å²) in [7, 11) is 0. The fraction of sp³-hybridized carbons (Fsp3) is 0.174. The molecule has 1 aliphatic heterocycles. The summed E-state index contributed by atoms with van der Waals surface area (Å²) in [6, 6.07) is 22.8. The van der Waals surface area contributed by atoms with Crippen LogP contribution in [0.25, 0.3) is 0 Å². The predicted molar refractivity (Wildman–Crippen MR) is 106 cm³/mol. The third kappa shape index (κ3) is 4.26. The van der Waals surface area contributed by atoms with Crippen LogP contribution in [-0.4, -0.2) is 19.1 Å². The van der Waals surface area contributed by atoms with Crippen LogP contribution in [-0.2, 0) is 13.2 Å². The zero-order valence-corrected chi connectivity index (χ0v) is 15.4. The molecule has 0 fully saturated rings. The Balaban J connectivity index is 1.34. The Morgan fingerprint density at radius 2 is 1.68 bits per heavy atom. The minimum Gasteiger partial charge on any atom is -0.489 e. The number of para-hydroxylation sites is 1. The van der Waals surface area contributed by atoms with E-state index in [1.54, 1.807) is 24.3 Å². The van der Waals surface area contributed by atoms with E-state index in [1.807, 2.05) is 48.5 Å². The lowest BCUT2D eigenvalue weighted by Gasteiger charge is -2.21. The van der Waals surface area contributed by atoms with Crippen molar-refractivity contribution < 1.29 is 19.0 Å². The Morgan fingerprint density at radius 1 is 0.893 bits per heavy atom. The van der Waals surface area contributed by atoms with Gasteiger partial charge < -0.3 is 19.5 Å². The van der Waals surface area contributed by atoms with E-state index in [0.717, 1.165) is 22.6 Å². The first-order valence-electron chi connectivity index (χ1n) is 9.22. The predicted octanol–water partition coefficient (Wildman–Crippen LogP) is 3.97. The number of nitrogens with one attached hydrogen (secondary N) is 1. The molecule has 3 aromatic rings. The first-order chi connectivity index (χ1) is 13.8. The number of amides is 1. The summed E-state index contributed by atoms with van der Waals surface area (Å²) in [6.45, 7) is 1.93. The molecule has 0 unspecified atom stereocenters. The van der Waals surface area contributed by atoms with Crippen LogP contribution in [0.1, 0.15) is 21.5 Å². The van der Waals surface area contributed by atoms with Crippen molar-refractivity contribution in [1.29, 1.82) is 0 Å². The largest absolute Gasteiger partial charge is 0.489 e. The number of hydrogen-bond acceptors (Lipinski definition) is 4. The van der Waals surface area contributed by atoms with E-state index in [0.29, 0.717) is 37.7 Å². The summed E-state index contributed by atoms with van der Waals surface area (Å²) < 4.78 is 17.0. The number of hydrogen-bond donors (Lipinski definition) is 1. The second-order valence-corrected chi connectivity index (χ2v) is 6.42. The van der Waals surface area contributed by atoms with Crippen molar-refractivity contribution in [3.8, 4) is 17.2 Å². The topological polar surface area (TPSA) is 56.8 Å². The second kappa shape index (κ2) is 8.48. The van der Waals surface area contributed by atoms with E-state index in [1.165, 1.54) is 0 Å². The quantitative estimate of drug-likeness (QED) is 0.708. The Labute approximate surface area is 163 Å². The molecule has 0 aromatic heterocycles. The molecule has 3 aromatic carbocycles. The van der Waals surface area contributed by atoms with Gasteiger partial charge in [-0.2, -0.15) is 0 Å². The summed E-state index contributed by atoms with van der Waals surface area (Å²) in [5, 5.41) is 2.93. The van der Waals surface area contributed by atoms with Crippen molar-refractivity contribution >= 4 is 5.91 Å². The first kappa shape index (κ1) is 17.9. The molecule has 0 aliphatic carbocycles. The number of rotatable bonds is 6. The maximum Gasteiger partial charge on any atom is 0.251 e. The summed E-state index contributed by atoms with van der Waals surface area (Å²) in [5.41, 5.74) is 2.57. The van der Waals surface area contributed by atoms with Crippen LogP contribution in [0.5, 0.6) is 17.2 Å². The molecule has 0 bridgehead atoms. The molecule has 142 valence electrons. The van der Waals surface area contributed by atoms with Crippen molar-refractivity contribution in [3.63, 3.8) is 0 Å². The second-order valence-electron chi connectivity index (χ2n) is 6.42. The van der Waals surface area contributed by atoms with E-state index < -0.39 is 0 Å². The molecule has 1 N–H and O–H groups in total. The van der Waals surface area contributed by atoms with Crippen LogP contribution in [0.15, 0.2) is 72.8 Å². The lowest BCUT2D eigenvalue weighted by atomic mass is 10.1. The molecule has 1 heterocycles. The molecule has 0 saturated heterocycles. The van der Waals surface area contributed by atoms with E-state index in [9.17, 15) is 4.79 Å². The van der Waals surface area contributed by atoms with Gasteiger partial charge in [-0.15, -0.1) is 0 Å². The van der Waals surface area contributed by atoms with Crippen LogP contribution >= 0.6 is 0 Å². The van der Waals surface area contributed by atoms with Crippen LogP contribution in [0.4, 0.5) is 0 Å². The highest BCUT2D eigenvalue weighted by atomic mass is 16.6. The van der Waals surface area contributed by atoms with Crippen molar-refractivity contribution in [1.82, 2.24) is 5.32 Å². The molecule has 5 nitrogen and oxygen atoms in total. The van der Waals surface area contributed by atoms with Gasteiger partial charge in [0.15, 0.2) is 11.5 Å². The van der Waals surface area contributed by atoms with Crippen LogP contribution < -0.4 is 19.5 Å².